The minimum absolute atomic E-state index is 0. The van der Waals surface area contributed by atoms with Crippen LogP contribution in [-0.2, 0) is 11.2 Å². The van der Waals surface area contributed by atoms with Gasteiger partial charge in [-0.2, -0.15) is 0 Å². The van der Waals surface area contributed by atoms with E-state index in [0.29, 0.717) is 13.0 Å². The quantitative estimate of drug-likeness (QED) is 0.688. The Labute approximate surface area is 152 Å². The lowest BCUT2D eigenvalue weighted by Crippen LogP contribution is -2.33. The van der Waals surface area contributed by atoms with Gasteiger partial charge in [-0.3, -0.25) is 14.8 Å². The van der Waals surface area contributed by atoms with Gasteiger partial charge in [-0.25, -0.2) is 4.98 Å². The molecule has 2 heterocycles. The van der Waals surface area contributed by atoms with Crippen molar-refractivity contribution in [3.63, 3.8) is 0 Å². The lowest BCUT2D eigenvalue weighted by Gasteiger charge is -2.04. The number of rotatable bonds is 8. The Bertz CT molecular complexity index is 567. The summed E-state index contributed by atoms with van der Waals surface area (Å²) in [5, 5.41) is 8.79. The molecular formula is C14H21Cl2N5OS. The van der Waals surface area contributed by atoms with Gasteiger partial charge in [0.05, 0.1) is 18.3 Å². The zero-order valence-corrected chi connectivity index (χ0v) is 15.3. The third kappa shape index (κ3) is 7.69. The van der Waals surface area contributed by atoms with Gasteiger partial charge in [-0.15, -0.1) is 36.2 Å². The van der Waals surface area contributed by atoms with E-state index in [9.17, 15) is 4.79 Å². The van der Waals surface area contributed by atoms with Gasteiger partial charge in [-0.05, 0) is 13.0 Å². The predicted octanol–water partition coefficient (Wildman–Crippen LogP) is 2.10. The van der Waals surface area contributed by atoms with Crippen molar-refractivity contribution in [2.75, 3.05) is 19.6 Å². The second-order valence-corrected chi connectivity index (χ2v) is 5.37. The number of carbonyl (C=O) groups excluding carboxylic acids is 1. The molecule has 2 N–H and O–H groups in total. The molecular weight excluding hydrogens is 357 g/mol. The van der Waals surface area contributed by atoms with Crippen LogP contribution in [0.25, 0.3) is 10.7 Å². The van der Waals surface area contributed by atoms with Crippen LogP contribution < -0.4 is 10.6 Å². The molecule has 23 heavy (non-hydrogen) atoms. The smallest absolute Gasteiger partial charge is 0.226 e. The SMILES string of the molecule is CCCNCCNC(=O)Cc1csc(-c2cnccn2)n1.Cl.Cl. The third-order valence-electron chi connectivity index (χ3n) is 2.73. The Morgan fingerprint density at radius 1 is 1.22 bits per heavy atom. The number of aromatic nitrogens is 3. The minimum atomic E-state index is -0.00991. The summed E-state index contributed by atoms with van der Waals surface area (Å²) in [7, 11) is 0. The van der Waals surface area contributed by atoms with Gasteiger partial charge in [0.25, 0.3) is 0 Å². The van der Waals surface area contributed by atoms with Crippen LogP contribution in [0.3, 0.4) is 0 Å². The fourth-order valence-electron chi connectivity index (χ4n) is 1.73. The van der Waals surface area contributed by atoms with Crippen LogP contribution in [0.15, 0.2) is 24.0 Å². The number of carbonyl (C=O) groups is 1. The summed E-state index contributed by atoms with van der Waals surface area (Å²) in [4.78, 5) is 24.4. The van der Waals surface area contributed by atoms with Crippen LogP contribution in [-0.4, -0.2) is 40.5 Å². The molecule has 0 saturated carbocycles. The lowest BCUT2D eigenvalue weighted by molar-refractivity contribution is -0.120. The normalized spacial score (nSPS) is 9.61. The van der Waals surface area contributed by atoms with Gasteiger partial charge in [-0.1, -0.05) is 6.92 Å². The first kappa shape index (κ1) is 21.7. The summed E-state index contributed by atoms with van der Waals surface area (Å²) < 4.78 is 0. The molecule has 0 fully saturated rings. The van der Waals surface area contributed by atoms with Crippen LogP contribution >= 0.6 is 36.2 Å². The number of nitrogens with one attached hydrogen (secondary N) is 2. The van der Waals surface area contributed by atoms with Gasteiger partial charge in [0.1, 0.15) is 10.7 Å². The summed E-state index contributed by atoms with van der Waals surface area (Å²) in [5.74, 6) is -0.00991. The largest absolute Gasteiger partial charge is 0.354 e. The summed E-state index contributed by atoms with van der Waals surface area (Å²) >= 11 is 1.47. The monoisotopic (exact) mass is 377 g/mol. The van der Waals surface area contributed by atoms with E-state index in [4.69, 9.17) is 0 Å². The van der Waals surface area contributed by atoms with E-state index in [2.05, 4.69) is 32.5 Å². The van der Waals surface area contributed by atoms with Crippen molar-refractivity contribution in [3.05, 3.63) is 29.7 Å². The molecule has 2 rings (SSSR count). The Balaban J connectivity index is 0.00000242. The molecule has 0 saturated heterocycles. The van der Waals surface area contributed by atoms with Gasteiger partial charge >= 0.3 is 0 Å². The molecule has 0 spiro atoms. The number of nitrogens with zero attached hydrogens (tertiary/aromatic N) is 3. The van der Waals surface area contributed by atoms with Gasteiger partial charge in [0.15, 0.2) is 0 Å². The van der Waals surface area contributed by atoms with Gasteiger partial charge in [0, 0.05) is 30.9 Å². The van der Waals surface area contributed by atoms with Crippen LogP contribution in [0.2, 0.25) is 0 Å². The van der Waals surface area contributed by atoms with E-state index in [0.717, 1.165) is 35.9 Å². The van der Waals surface area contributed by atoms with Crippen molar-refractivity contribution in [2.45, 2.75) is 19.8 Å². The summed E-state index contributed by atoms with van der Waals surface area (Å²) in [5.41, 5.74) is 1.50. The van der Waals surface area contributed by atoms with Gasteiger partial charge < -0.3 is 10.6 Å². The fourth-order valence-corrected chi connectivity index (χ4v) is 2.51. The highest BCUT2D eigenvalue weighted by molar-refractivity contribution is 7.13. The Morgan fingerprint density at radius 3 is 2.74 bits per heavy atom. The van der Waals surface area contributed by atoms with E-state index in [-0.39, 0.29) is 30.7 Å². The van der Waals surface area contributed by atoms with Crippen LogP contribution in [0.4, 0.5) is 0 Å². The molecule has 2 aromatic heterocycles. The number of hydrogen-bond acceptors (Lipinski definition) is 6. The summed E-state index contributed by atoms with van der Waals surface area (Å²) in [6.07, 6.45) is 6.31. The molecule has 0 bridgehead atoms. The van der Waals surface area contributed by atoms with Crippen LogP contribution in [0.1, 0.15) is 19.0 Å². The first-order chi connectivity index (χ1) is 10.3. The highest BCUT2D eigenvalue weighted by Crippen LogP contribution is 2.20. The molecule has 0 aliphatic heterocycles. The van der Waals surface area contributed by atoms with E-state index < -0.39 is 0 Å². The molecule has 2 aromatic rings. The van der Waals surface area contributed by atoms with E-state index in [1.807, 2.05) is 5.38 Å². The van der Waals surface area contributed by atoms with Gasteiger partial charge in [0.2, 0.25) is 5.91 Å². The molecule has 0 unspecified atom stereocenters. The highest BCUT2D eigenvalue weighted by Gasteiger charge is 2.09. The summed E-state index contributed by atoms with van der Waals surface area (Å²) in [6.45, 7) is 4.52. The molecule has 0 radical (unpaired) electrons. The van der Waals surface area contributed by atoms with Crippen LogP contribution in [0.5, 0.6) is 0 Å². The van der Waals surface area contributed by atoms with Crippen molar-refractivity contribution >= 4 is 42.1 Å². The number of thiazole rings is 1. The number of hydrogen-bond donors (Lipinski definition) is 2. The van der Waals surface area contributed by atoms with E-state index in [1.54, 1.807) is 18.6 Å². The zero-order valence-electron chi connectivity index (χ0n) is 12.8. The van der Waals surface area contributed by atoms with Crippen molar-refractivity contribution in [1.29, 1.82) is 0 Å². The molecule has 0 atom stereocenters. The predicted molar refractivity (Wildman–Crippen MR) is 97.5 cm³/mol. The van der Waals surface area contributed by atoms with Crippen molar-refractivity contribution in [1.82, 2.24) is 25.6 Å². The topological polar surface area (TPSA) is 79.8 Å². The average molecular weight is 378 g/mol. The van der Waals surface area contributed by atoms with E-state index in [1.165, 1.54) is 11.3 Å². The van der Waals surface area contributed by atoms with Crippen molar-refractivity contribution in [2.24, 2.45) is 0 Å². The highest BCUT2D eigenvalue weighted by atomic mass is 35.5. The van der Waals surface area contributed by atoms with Crippen LogP contribution in [0, 0.1) is 0 Å². The fraction of sp³-hybridized carbons (Fsp3) is 0.429. The maximum Gasteiger partial charge on any atom is 0.226 e. The Hall–Kier alpha value is -1.28. The molecule has 1 amide bonds. The van der Waals surface area contributed by atoms with Crippen molar-refractivity contribution in [3.8, 4) is 10.7 Å². The zero-order chi connectivity index (χ0) is 14.9. The van der Waals surface area contributed by atoms with E-state index >= 15 is 0 Å². The maximum absolute atomic E-state index is 11.8. The number of amides is 1. The Kier molecular flexibility index (Phi) is 11.5. The molecule has 0 aliphatic rings. The third-order valence-corrected chi connectivity index (χ3v) is 3.64. The first-order valence-electron chi connectivity index (χ1n) is 6.97. The molecule has 128 valence electrons. The lowest BCUT2D eigenvalue weighted by atomic mass is 10.3. The molecule has 0 aliphatic carbocycles. The maximum atomic E-state index is 11.8. The summed E-state index contributed by atoms with van der Waals surface area (Å²) in [6, 6.07) is 0. The minimum Gasteiger partial charge on any atom is -0.354 e. The molecule has 9 heteroatoms. The average Bonchev–Trinajstić information content (AvgIpc) is 2.96. The molecule has 6 nitrogen and oxygen atoms in total. The Morgan fingerprint density at radius 2 is 2.04 bits per heavy atom. The molecule has 0 aromatic carbocycles. The second kappa shape index (κ2) is 12.2. The first-order valence-corrected chi connectivity index (χ1v) is 7.85. The van der Waals surface area contributed by atoms with Crippen molar-refractivity contribution < 1.29 is 4.79 Å². The standard InChI is InChI=1S/C14H19N5OS.2ClH/c1-2-3-15-4-7-18-13(20)8-11-10-21-14(19-11)12-9-16-5-6-17-12;;/h5-6,9-10,15H,2-4,7-8H2,1H3,(H,18,20);2*1H. The second-order valence-electron chi connectivity index (χ2n) is 4.51. The number of halogens is 2.